The first-order valence-electron chi connectivity index (χ1n) is 14.3. The third kappa shape index (κ3) is 8.72. The minimum atomic E-state index is -1.17. The number of hydrogen-bond acceptors (Lipinski definition) is 4. The number of urea groups is 1. The molecule has 1 saturated heterocycles. The number of likely N-dealkylation sites (N-methyl/N-ethyl adjacent to an activating group) is 1. The summed E-state index contributed by atoms with van der Waals surface area (Å²) >= 11 is 13.0. The maximum atomic E-state index is 13.4. The van der Waals surface area contributed by atoms with Gasteiger partial charge in [-0.3, -0.25) is 0 Å². The van der Waals surface area contributed by atoms with Gasteiger partial charge in [0.15, 0.2) is 0 Å². The molecule has 1 aliphatic heterocycles. The van der Waals surface area contributed by atoms with Crippen molar-refractivity contribution in [1.29, 1.82) is 0 Å². The Bertz CT molecular complexity index is 837. The fourth-order valence-corrected chi connectivity index (χ4v) is 6.69. The fraction of sp³-hybridized carbons (Fsp3) is 0.759. The number of likely N-dealkylation sites (tertiary alicyclic amines) is 1. The predicted octanol–water partition coefficient (Wildman–Crippen LogP) is 6.37. The SMILES string of the molecule is CCOCCCC[C@@](O)(c1cccc(Cl)c1Cl)[C@@H]1CCCN(C(=O)N[C@H](CNC)CC2CCCCC2)C1. The van der Waals surface area contributed by atoms with E-state index in [1.54, 1.807) is 6.07 Å². The van der Waals surface area contributed by atoms with Gasteiger partial charge >= 0.3 is 6.03 Å². The van der Waals surface area contributed by atoms with Crippen molar-refractivity contribution in [2.45, 2.75) is 89.2 Å². The van der Waals surface area contributed by atoms with E-state index in [0.29, 0.717) is 54.3 Å². The highest BCUT2D eigenvalue weighted by molar-refractivity contribution is 6.42. The molecule has 0 radical (unpaired) electrons. The van der Waals surface area contributed by atoms with Crippen molar-refractivity contribution in [3.8, 4) is 0 Å². The Hall–Kier alpha value is -1.05. The van der Waals surface area contributed by atoms with Crippen LogP contribution in [0.25, 0.3) is 0 Å². The van der Waals surface area contributed by atoms with Crippen LogP contribution in [0.3, 0.4) is 0 Å². The molecule has 3 rings (SSSR count). The monoisotopic (exact) mass is 555 g/mol. The maximum absolute atomic E-state index is 13.4. The Morgan fingerprint density at radius 2 is 1.97 bits per heavy atom. The van der Waals surface area contributed by atoms with Gasteiger partial charge in [-0.15, -0.1) is 0 Å². The molecule has 1 heterocycles. The average Bonchev–Trinajstić information content (AvgIpc) is 2.90. The standard InChI is InChI=1S/C29H47Cl2N3O3/c1-3-37-18-8-7-16-29(36,25-14-9-15-26(30)27(25)31)23-13-10-17-34(21-23)28(35)33-24(20-32-2)19-22-11-5-4-6-12-22/h9,14-15,22-24,32,36H,3-8,10-13,16-21H2,1-2H3,(H,33,35)/t23-,24+,29+/m1/s1. The summed E-state index contributed by atoms with van der Waals surface area (Å²) in [6, 6.07) is 5.55. The Kier molecular flexibility index (Phi) is 12.8. The molecule has 0 spiro atoms. The zero-order valence-corrected chi connectivity index (χ0v) is 24.3. The Balaban J connectivity index is 1.71. The average molecular weight is 557 g/mol. The molecule has 1 aromatic rings. The molecule has 8 heteroatoms. The van der Waals surface area contributed by atoms with Crippen molar-refractivity contribution in [1.82, 2.24) is 15.5 Å². The lowest BCUT2D eigenvalue weighted by atomic mass is 9.74. The van der Waals surface area contributed by atoms with E-state index in [4.69, 9.17) is 27.9 Å². The van der Waals surface area contributed by atoms with E-state index < -0.39 is 5.60 Å². The summed E-state index contributed by atoms with van der Waals surface area (Å²) in [4.78, 5) is 15.3. The lowest BCUT2D eigenvalue weighted by Crippen LogP contribution is -2.54. The molecule has 3 atom stereocenters. The smallest absolute Gasteiger partial charge is 0.317 e. The molecule has 0 bridgehead atoms. The zero-order valence-electron chi connectivity index (χ0n) is 22.7. The van der Waals surface area contributed by atoms with E-state index in [1.807, 2.05) is 31.0 Å². The normalized spacial score (nSPS) is 21.4. The molecule has 2 fully saturated rings. The molecular formula is C29H47Cl2N3O3. The number of amides is 2. The number of unbranched alkanes of at least 4 members (excludes halogenated alkanes) is 1. The van der Waals surface area contributed by atoms with Crippen LogP contribution in [0.1, 0.15) is 83.1 Å². The number of nitrogens with one attached hydrogen (secondary N) is 2. The summed E-state index contributed by atoms with van der Waals surface area (Å²) in [6.07, 6.45) is 11.4. The van der Waals surface area contributed by atoms with Gasteiger partial charge in [-0.05, 0) is 64.5 Å². The highest BCUT2D eigenvalue weighted by Gasteiger charge is 2.42. The van der Waals surface area contributed by atoms with Crippen LogP contribution in [0.2, 0.25) is 10.0 Å². The van der Waals surface area contributed by atoms with Gasteiger partial charge in [0.1, 0.15) is 0 Å². The number of nitrogens with zero attached hydrogens (tertiary/aromatic N) is 1. The van der Waals surface area contributed by atoms with Gasteiger partial charge in [-0.1, -0.05) is 67.4 Å². The number of rotatable bonds is 13. The zero-order chi connectivity index (χ0) is 26.7. The molecule has 2 aliphatic rings. The van der Waals surface area contributed by atoms with Crippen molar-refractivity contribution >= 4 is 29.2 Å². The first kappa shape index (κ1) is 30.5. The molecule has 3 N–H and O–H groups in total. The summed E-state index contributed by atoms with van der Waals surface area (Å²) in [5.41, 5.74) is -0.504. The second kappa shape index (κ2) is 15.5. The number of halogens is 2. The Morgan fingerprint density at radius 3 is 2.70 bits per heavy atom. The van der Waals surface area contributed by atoms with Crippen LogP contribution >= 0.6 is 23.2 Å². The van der Waals surface area contributed by atoms with Crippen molar-refractivity contribution in [3.05, 3.63) is 33.8 Å². The number of aliphatic hydroxyl groups is 1. The summed E-state index contributed by atoms with van der Waals surface area (Å²) in [7, 11) is 1.94. The molecular weight excluding hydrogens is 509 g/mol. The van der Waals surface area contributed by atoms with E-state index in [2.05, 4.69) is 10.6 Å². The van der Waals surface area contributed by atoms with Crippen molar-refractivity contribution < 1.29 is 14.6 Å². The van der Waals surface area contributed by atoms with Crippen molar-refractivity contribution in [3.63, 3.8) is 0 Å². The van der Waals surface area contributed by atoms with Crippen LogP contribution in [-0.4, -0.2) is 62.0 Å². The summed E-state index contributed by atoms with van der Waals surface area (Å²) in [6.45, 7) is 5.30. The predicted molar refractivity (Wildman–Crippen MR) is 152 cm³/mol. The lowest BCUT2D eigenvalue weighted by molar-refractivity contribution is -0.0564. The largest absolute Gasteiger partial charge is 0.385 e. The molecule has 1 aliphatic carbocycles. The van der Waals surface area contributed by atoms with Crippen LogP contribution in [0, 0.1) is 11.8 Å². The number of ether oxygens (including phenoxy) is 1. The van der Waals surface area contributed by atoms with Gasteiger partial charge in [0.2, 0.25) is 0 Å². The van der Waals surface area contributed by atoms with E-state index in [-0.39, 0.29) is 18.0 Å². The first-order chi connectivity index (χ1) is 17.9. The molecule has 1 saturated carbocycles. The minimum absolute atomic E-state index is 0.0309. The first-order valence-corrected chi connectivity index (χ1v) is 15.1. The highest BCUT2D eigenvalue weighted by Crippen LogP contribution is 2.44. The molecule has 2 amide bonds. The Labute approximate surface area is 233 Å². The van der Waals surface area contributed by atoms with E-state index in [1.165, 1.54) is 32.1 Å². The minimum Gasteiger partial charge on any atom is -0.385 e. The van der Waals surface area contributed by atoms with Gasteiger partial charge in [-0.2, -0.15) is 0 Å². The number of piperidine rings is 1. The number of benzene rings is 1. The fourth-order valence-electron chi connectivity index (χ4n) is 6.22. The third-order valence-electron chi connectivity index (χ3n) is 8.22. The molecule has 0 unspecified atom stereocenters. The highest BCUT2D eigenvalue weighted by atomic mass is 35.5. The van der Waals surface area contributed by atoms with Crippen LogP contribution < -0.4 is 10.6 Å². The number of hydrogen-bond donors (Lipinski definition) is 3. The van der Waals surface area contributed by atoms with Gasteiger partial charge < -0.3 is 25.4 Å². The van der Waals surface area contributed by atoms with Crippen LogP contribution in [0.5, 0.6) is 0 Å². The maximum Gasteiger partial charge on any atom is 0.317 e. The third-order valence-corrected chi connectivity index (χ3v) is 9.04. The van der Waals surface area contributed by atoms with Crippen LogP contribution in [0.15, 0.2) is 18.2 Å². The second-order valence-electron chi connectivity index (χ2n) is 10.9. The van der Waals surface area contributed by atoms with Crippen LogP contribution in [-0.2, 0) is 10.3 Å². The quantitative estimate of drug-likeness (QED) is 0.247. The van der Waals surface area contributed by atoms with Gasteiger partial charge in [-0.25, -0.2) is 4.79 Å². The van der Waals surface area contributed by atoms with Crippen molar-refractivity contribution in [2.75, 3.05) is 39.9 Å². The van der Waals surface area contributed by atoms with E-state index >= 15 is 0 Å². The molecule has 6 nitrogen and oxygen atoms in total. The summed E-state index contributed by atoms with van der Waals surface area (Å²) < 4.78 is 5.51. The van der Waals surface area contributed by atoms with E-state index in [9.17, 15) is 9.90 Å². The molecule has 0 aromatic heterocycles. The van der Waals surface area contributed by atoms with E-state index in [0.717, 1.165) is 38.6 Å². The summed E-state index contributed by atoms with van der Waals surface area (Å²) in [5.74, 6) is 0.560. The van der Waals surface area contributed by atoms with Gasteiger partial charge in [0.05, 0.1) is 15.6 Å². The lowest BCUT2D eigenvalue weighted by Gasteiger charge is -2.43. The van der Waals surface area contributed by atoms with Crippen molar-refractivity contribution in [2.24, 2.45) is 11.8 Å². The topological polar surface area (TPSA) is 73.8 Å². The second-order valence-corrected chi connectivity index (χ2v) is 11.7. The van der Waals surface area contributed by atoms with Gasteiger partial charge in [0, 0.05) is 50.4 Å². The molecule has 37 heavy (non-hydrogen) atoms. The summed E-state index contributed by atoms with van der Waals surface area (Å²) in [5, 5.41) is 19.6. The molecule has 210 valence electrons. The number of carbonyl (C=O) groups excluding carboxylic acids is 1. The number of carbonyl (C=O) groups is 1. The molecule has 1 aromatic carbocycles. The van der Waals surface area contributed by atoms with Crippen LogP contribution in [0.4, 0.5) is 4.79 Å². The Morgan fingerprint density at radius 1 is 1.19 bits per heavy atom. The van der Waals surface area contributed by atoms with Gasteiger partial charge in [0.25, 0.3) is 0 Å².